The van der Waals surface area contributed by atoms with Gasteiger partial charge in [-0.3, -0.25) is 14.2 Å². The lowest BCUT2D eigenvalue weighted by atomic mass is 10.0. The monoisotopic (exact) mass is 1070 g/mol. The molecule has 76 heavy (non-hydrogen) atoms. The molecule has 1 amide bonds. The van der Waals surface area contributed by atoms with Crippen LogP contribution in [0.15, 0.2) is 146 Å². The lowest BCUT2D eigenvalue weighted by molar-refractivity contribution is -0.870. The van der Waals surface area contributed by atoms with Gasteiger partial charge in [-0.25, -0.2) is 0 Å². The third-order valence-electron chi connectivity index (χ3n) is 12.0. The molecule has 1 N–H and O–H groups in total. The minimum absolute atomic E-state index is 0.0512. The minimum atomic E-state index is -4.74. The van der Waals surface area contributed by atoms with Crippen LogP contribution in [-0.2, 0) is 27.9 Å². The van der Waals surface area contributed by atoms with Gasteiger partial charge >= 0.3 is 5.97 Å². The van der Waals surface area contributed by atoms with E-state index in [0.29, 0.717) is 23.9 Å². The van der Waals surface area contributed by atoms with Gasteiger partial charge in [0.05, 0.1) is 33.8 Å². The number of amides is 1. The van der Waals surface area contributed by atoms with Crippen molar-refractivity contribution in [2.24, 2.45) is 0 Å². The number of likely N-dealkylation sites (N-methyl/N-ethyl adjacent to an activating group) is 1. The Hall–Kier alpha value is -4.11. The van der Waals surface area contributed by atoms with E-state index in [2.05, 4.69) is 148 Å². The van der Waals surface area contributed by atoms with Crippen molar-refractivity contribution in [3.05, 3.63) is 146 Å². The average Bonchev–Trinajstić information content (AvgIpc) is 3.38. The fraction of sp³-hybridized carbons (Fsp3) is 0.606. The third-order valence-corrected chi connectivity index (χ3v) is 13.0. The summed E-state index contributed by atoms with van der Waals surface area (Å²) < 4.78 is 30.2. The van der Waals surface area contributed by atoms with Crippen LogP contribution in [0, 0.1) is 0 Å². The average molecular weight is 1070 g/mol. The maximum absolute atomic E-state index is 13.5. The van der Waals surface area contributed by atoms with Crippen molar-refractivity contribution < 1.29 is 37.3 Å². The standard InChI is InChI=1S/C66H109N2O7P/c1-7-10-13-16-19-22-25-28-30-32-33-34-35-36-38-41-44-47-50-53-56-59-66(70)75-64(57-54-51-48-45-42-39-27-24-21-18-15-12-9-3)63(62-74-76(71,72)73-61-60-68(4,5)6)67-65(69)58-55-52-49-46-43-40-37-31-29-26-23-20-17-14-11-8-2/h10-11,13-14,19-20,22-23,28-31,33-34,36,38,40,43-44,47,49,52,54,57,63-64H,7-9,12,15-18,21,24-27,32,35,37,39,41-42,45-46,48,50-51,53,55-56,58-62H2,1-6H3,(H-,67,69,71,72)/b13-10-,14-11+,22-19-,23-20+,30-28-,31-29+,34-33-,38-36-,43-40+,47-44-,52-49+,57-54+. The van der Waals surface area contributed by atoms with Gasteiger partial charge < -0.3 is 28.5 Å². The van der Waals surface area contributed by atoms with Crippen LogP contribution in [0.25, 0.3) is 0 Å². The van der Waals surface area contributed by atoms with Crippen molar-refractivity contribution in [3.8, 4) is 0 Å². The quantitative estimate of drug-likeness (QED) is 0.0212. The van der Waals surface area contributed by atoms with Crippen LogP contribution in [0.1, 0.15) is 207 Å². The molecule has 0 aromatic heterocycles. The molecule has 9 nitrogen and oxygen atoms in total. The predicted octanol–water partition coefficient (Wildman–Crippen LogP) is 17.6. The number of hydrogen-bond acceptors (Lipinski definition) is 7. The van der Waals surface area contributed by atoms with Crippen LogP contribution in [0.4, 0.5) is 0 Å². The second-order valence-electron chi connectivity index (χ2n) is 20.4. The molecule has 0 bridgehead atoms. The van der Waals surface area contributed by atoms with E-state index in [-0.39, 0.29) is 25.4 Å². The molecule has 0 aliphatic carbocycles. The number of unbranched alkanes of at least 4 members (excludes halogenated alkanes) is 13. The maximum Gasteiger partial charge on any atom is 0.306 e. The molecule has 0 saturated heterocycles. The molecule has 0 saturated carbocycles. The molecular weight excluding hydrogens is 964 g/mol. The smallest absolute Gasteiger partial charge is 0.306 e. The lowest BCUT2D eigenvalue weighted by Gasteiger charge is -2.30. The Morgan fingerprint density at radius 3 is 1.29 bits per heavy atom. The first kappa shape index (κ1) is 71.9. The number of allylic oxidation sites excluding steroid dienone is 23. The van der Waals surface area contributed by atoms with Gasteiger partial charge in [0, 0.05) is 12.8 Å². The number of hydrogen-bond donors (Lipinski definition) is 1. The Morgan fingerprint density at radius 2 is 0.855 bits per heavy atom. The summed E-state index contributed by atoms with van der Waals surface area (Å²) in [5, 5.41) is 2.96. The molecule has 0 rings (SSSR count). The molecular formula is C66H109N2O7P. The predicted molar refractivity (Wildman–Crippen MR) is 325 cm³/mol. The number of esters is 1. The molecule has 0 radical (unpaired) electrons. The molecule has 3 atom stereocenters. The molecule has 10 heteroatoms. The number of rotatable bonds is 51. The van der Waals surface area contributed by atoms with Crippen LogP contribution in [-0.4, -0.2) is 69.4 Å². The largest absolute Gasteiger partial charge is 0.756 e. The molecule has 0 heterocycles. The van der Waals surface area contributed by atoms with Gasteiger partial charge in [-0.2, -0.15) is 0 Å². The van der Waals surface area contributed by atoms with Gasteiger partial charge in [-0.1, -0.05) is 225 Å². The van der Waals surface area contributed by atoms with Crippen LogP contribution in [0.2, 0.25) is 0 Å². The van der Waals surface area contributed by atoms with E-state index < -0.39 is 32.5 Å². The SMILES string of the molecule is CC/C=C\C/C=C\C/C=C\C/C=C\C/C=C\C/C=C\CCCCC(=O)OC(/C=C/CCCCCCCCCCCCC)C(COP(=O)([O-])OCC[N+](C)(C)C)NC(=O)CC/C=C/C/C=C/C/C=C/C/C=C/C/C=C/CC. The molecule has 0 spiro atoms. The fourth-order valence-corrected chi connectivity index (χ4v) is 8.23. The number of nitrogens with zero attached hydrogens (tertiary/aromatic N) is 1. The van der Waals surface area contributed by atoms with Crippen molar-refractivity contribution in [2.75, 3.05) is 40.9 Å². The summed E-state index contributed by atoms with van der Waals surface area (Å²) in [6.07, 6.45) is 78.4. The summed E-state index contributed by atoms with van der Waals surface area (Å²) in [6, 6.07) is -0.957. The number of carbonyl (C=O) groups excluding carboxylic acids is 2. The zero-order valence-electron chi connectivity index (χ0n) is 48.9. The van der Waals surface area contributed by atoms with E-state index in [4.69, 9.17) is 13.8 Å². The van der Waals surface area contributed by atoms with E-state index in [1.165, 1.54) is 57.8 Å². The zero-order valence-corrected chi connectivity index (χ0v) is 49.8. The van der Waals surface area contributed by atoms with Crippen LogP contribution in [0.5, 0.6) is 0 Å². The van der Waals surface area contributed by atoms with Crippen molar-refractivity contribution in [1.82, 2.24) is 5.32 Å². The highest BCUT2D eigenvalue weighted by Gasteiger charge is 2.27. The van der Waals surface area contributed by atoms with E-state index >= 15 is 0 Å². The Kier molecular flexibility index (Phi) is 51.3. The second kappa shape index (κ2) is 54.3. The van der Waals surface area contributed by atoms with Crippen LogP contribution in [0.3, 0.4) is 0 Å². The molecule has 0 aromatic rings. The summed E-state index contributed by atoms with van der Waals surface area (Å²) in [6.45, 7) is 6.50. The van der Waals surface area contributed by atoms with Crippen LogP contribution >= 0.6 is 7.82 Å². The first-order valence-electron chi connectivity index (χ1n) is 29.6. The second-order valence-corrected chi connectivity index (χ2v) is 21.8. The number of nitrogens with one attached hydrogen (secondary N) is 1. The highest BCUT2D eigenvalue weighted by Crippen LogP contribution is 2.38. The molecule has 0 aliphatic rings. The first-order valence-corrected chi connectivity index (χ1v) is 31.1. The van der Waals surface area contributed by atoms with Gasteiger partial charge in [0.15, 0.2) is 0 Å². The summed E-state index contributed by atoms with van der Waals surface area (Å²) in [5.41, 5.74) is 0. The van der Waals surface area contributed by atoms with Crippen molar-refractivity contribution in [3.63, 3.8) is 0 Å². The van der Waals surface area contributed by atoms with Gasteiger partial charge in [-0.05, 0) is 115 Å². The van der Waals surface area contributed by atoms with Crippen LogP contribution < -0.4 is 10.2 Å². The van der Waals surface area contributed by atoms with E-state index in [9.17, 15) is 19.0 Å². The molecule has 0 aromatic carbocycles. The molecule has 0 fully saturated rings. The topological polar surface area (TPSA) is 114 Å². The summed E-state index contributed by atoms with van der Waals surface area (Å²) in [7, 11) is 1.09. The first-order chi connectivity index (χ1) is 36.9. The number of phosphoric ester groups is 1. The third kappa shape index (κ3) is 54.7. The van der Waals surface area contributed by atoms with Gasteiger partial charge in [0.1, 0.15) is 19.3 Å². The minimum Gasteiger partial charge on any atom is -0.756 e. The Morgan fingerprint density at radius 1 is 0.474 bits per heavy atom. The number of carbonyl (C=O) groups is 2. The zero-order chi connectivity index (χ0) is 55.7. The summed E-state index contributed by atoms with van der Waals surface area (Å²) in [5.74, 6) is -0.702. The van der Waals surface area contributed by atoms with E-state index in [1.807, 2.05) is 39.4 Å². The molecule has 0 aliphatic heterocycles. The Balaban J connectivity index is 5.53. The van der Waals surface area contributed by atoms with E-state index in [1.54, 1.807) is 6.08 Å². The highest BCUT2D eigenvalue weighted by molar-refractivity contribution is 7.45. The van der Waals surface area contributed by atoms with Gasteiger partial charge in [0.25, 0.3) is 7.82 Å². The number of phosphoric acid groups is 1. The number of ether oxygens (including phenoxy) is 1. The van der Waals surface area contributed by atoms with Crippen molar-refractivity contribution >= 4 is 19.7 Å². The molecule has 430 valence electrons. The normalized spacial score (nSPS) is 14.8. The van der Waals surface area contributed by atoms with Crippen molar-refractivity contribution in [2.45, 2.75) is 219 Å². The van der Waals surface area contributed by atoms with E-state index in [0.717, 1.165) is 103 Å². The van der Waals surface area contributed by atoms with Gasteiger partial charge in [-0.15, -0.1) is 0 Å². The Labute approximate surface area is 466 Å². The summed E-state index contributed by atoms with van der Waals surface area (Å²) >= 11 is 0. The Bertz CT molecular complexity index is 1810. The van der Waals surface area contributed by atoms with Gasteiger partial charge in [0.2, 0.25) is 5.91 Å². The lowest BCUT2D eigenvalue weighted by Crippen LogP contribution is -2.47. The number of quaternary nitrogens is 1. The summed E-state index contributed by atoms with van der Waals surface area (Å²) in [4.78, 5) is 39.9. The highest BCUT2D eigenvalue weighted by atomic mass is 31.2. The molecule has 3 unspecified atom stereocenters. The fourth-order valence-electron chi connectivity index (χ4n) is 7.51. The van der Waals surface area contributed by atoms with Crippen molar-refractivity contribution in [1.29, 1.82) is 0 Å². The maximum atomic E-state index is 13.5.